The van der Waals surface area contributed by atoms with Gasteiger partial charge in [-0.2, -0.15) is 0 Å². The van der Waals surface area contributed by atoms with E-state index in [1.54, 1.807) is 19.2 Å². The third-order valence-electron chi connectivity index (χ3n) is 3.31. The van der Waals surface area contributed by atoms with Crippen molar-refractivity contribution in [2.75, 3.05) is 7.05 Å². The summed E-state index contributed by atoms with van der Waals surface area (Å²) in [5.41, 5.74) is 2.00. The van der Waals surface area contributed by atoms with Crippen LogP contribution in [0.1, 0.15) is 11.1 Å². The van der Waals surface area contributed by atoms with Crippen LogP contribution in [0.3, 0.4) is 0 Å². The van der Waals surface area contributed by atoms with Crippen molar-refractivity contribution in [3.63, 3.8) is 0 Å². The van der Waals surface area contributed by atoms with E-state index in [1.165, 1.54) is 12.1 Å². The minimum atomic E-state index is -3.66. The lowest BCUT2D eigenvalue weighted by Crippen LogP contribution is -2.36. The van der Waals surface area contributed by atoms with E-state index in [-0.39, 0.29) is 4.90 Å². The van der Waals surface area contributed by atoms with Gasteiger partial charge < -0.3 is 10.6 Å². The summed E-state index contributed by atoms with van der Waals surface area (Å²) in [6.45, 7) is 1.12. The van der Waals surface area contributed by atoms with Crippen molar-refractivity contribution in [2.45, 2.75) is 18.0 Å². The Bertz CT molecular complexity index is 803. The second-order valence-electron chi connectivity index (χ2n) is 5.09. The monoisotopic (exact) mass is 366 g/mol. The Kier molecular flexibility index (Phi) is 6.19. The molecule has 0 aliphatic carbocycles. The van der Waals surface area contributed by atoms with Crippen LogP contribution < -0.4 is 15.8 Å². The normalized spacial score (nSPS) is 12.0. The summed E-state index contributed by atoms with van der Waals surface area (Å²) in [7, 11) is -1.98. The Labute approximate surface area is 146 Å². The Hall–Kier alpha value is -2.09. The van der Waals surface area contributed by atoms with Gasteiger partial charge in [-0.15, -0.1) is 0 Å². The number of hydrogen-bond acceptors (Lipinski definition) is 3. The fourth-order valence-corrected chi connectivity index (χ4v) is 2.63. The van der Waals surface area contributed by atoms with Gasteiger partial charge in [0.2, 0.25) is 10.0 Å². The molecular weight excluding hydrogens is 348 g/mol. The van der Waals surface area contributed by atoms with E-state index in [4.69, 9.17) is 16.7 Å². The maximum Gasteiger partial charge on any atom is 0.238 e. The van der Waals surface area contributed by atoms with Crippen molar-refractivity contribution in [3.8, 4) is 0 Å². The lowest BCUT2D eigenvalue weighted by atomic mass is 10.2. The van der Waals surface area contributed by atoms with Gasteiger partial charge in [-0.05, 0) is 35.4 Å². The number of guanidine groups is 1. The highest BCUT2D eigenvalue weighted by Crippen LogP contribution is 2.10. The number of halogens is 1. The van der Waals surface area contributed by atoms with E-state index < -0.39 is 10.0 Å². The first-order chi connectivity index (χ1) is 11.4. The molecule has 0 spiro atoms. The average molecular weight is 367 g/mol. The average Bonchev–Trinajstić information content (AvgIpc) is 2.56. The standard InChI is InChI=1S/C16H19ClN4O2S/c1-19-16(20-10-12-2-6-14(17)7-3-12)21-11-13-4-8-15(9-5-13)24(18,22)23/h2-9H,10-11H2,1H3,(H2,18,22,23)(H2,19,20,21). The molecule has 0 saturated heterocycles. The van der Waals surface area contributed by atoms with E-state index in [9.17, 15) is 8.42 Å². The van der Waals surface area contributed by atoms with Crippen LogP contribution in [0.15, 0.2) is 58.4 Å². The zero-order valence-electron chi connectivity index (χ0n) is 13.2. The molecule has 0 bridgehead atoms. The minimum Gasteiger partial charge on any atom is -0.352 e. The highest BCUT2D eigenvalue weighted by atomic mass is 35.5. The van der Waals surface area contributed by atoms with Crippen LogP contribution in [0.4, 0.5) is 0 Å². The fourth-order valence-electron chi connectivity index (χ4n) is 1.99. The fraction of sp³-hybridized carbons (Fsp3) is 0.188. The van der Waals surface area contributed by atoms with Crippen LogP contribution in [0.5, 0.6) is 0 Å². The number of benzene rings is 2. The summed E-state index contributed by atoms with van der Waals surface area (Å²) in [4.78, 5) is 4.24. The molecule has 128 valence electrons. The summed E-state index contributed by atoms with van der Waals surface area (Å²) < 4.78 is 22.4. The number of hydrogen-bond donors (Lipinski definition) is 3. The van der Waals surface area contributed by atoms with Crippen LogP contribution in [-0.4, -0.2) is 21.4 Å². The van der Waals surface area contributed by atoms with Gasteiger partial charge in [0, 0.05) is 25.2 Å². The summed E-state index contributed by atoms with van der Waals surface area (Å²) in [5.74, 6) is 0.639. The number of nitrogens with two attached hydrogens (primary N) is 1. The molecule has 0 radical (unpaired) electrons. The van der Waals surface area contributed by atoms with Crippen molar-refractivity contribution in [1.29, 1.82) is 0 Å². The second-order valence-corrected chi connectivity index (χ2v) is 7.09. The maximum absolute atomic E-state index is 11.2. The van der Waals surface area contributed by atoms with Crippen molar-refractivity contribution < 1.29 is 8.42 Å². The van der Waals surface area contributed by atoms with Gasteiger partial charge in [-0.3, -0.25) is 4.99 Å². The molecule has 8 heteroatoms. The third-order valence-corrected chi connectivity index (χ3v) is 4.49. The second kappa shape index (κ2) is 8.14. The Morgan fingerprint density at radius 2 is 1.46 bits per heavy atom. The predicted octanol–water partition coefficient (Wildman–Crippen LogP) is 1.85. The Morgan fingerprint density at radius 1 is 1.00 bits per heavy atom. The van der Waals surface area contributed by atoms with E-state index in [2.05, 4.69) is 15.6 Å². The summed E-state index contributed by atoms with van der Waals surface area (Å²) in [6, 6.07) is 13.9. The van der Waals surface area contributed by atoms with Gasteiger partial charge in [0.1, 0.15) is 0 Å². The van der Waals surface area contributed by atoms with Gasteiger partial charge in [0.15, 0.2) is 5.96 Å². The van der Waals surface area contributed by atoms with Gasteiger partial charge in [0.05, 0.1) is 4.90 Å². The first-order valence-corrected chi connectivity index (χ1v) is 9.11. The Balaban J connectivity index is 1.88. The molecule has 0 aliphatic heterocycles. The number of primary sulfonamides is 1. The molecule has 2 aromatic carbocycles. The number of aliphatic imine (C=N–C) groups is 1. The third kappa shape index (κ3) is 5.52. The quantitative estimate of drug-likeness (QED) is 0.555. The Morgan fingerprint density at radius 3 is 1.88 bits per heavy atom. The largest absolute Gasteiger partial charge is 0.352 e. The first kappa shape index (κ1) is 18.3. The maximum atomic E-state index is 11.2. The van der Waals surface area contributed by atoms with Crippen LogP contribution >= 0.6 is 11.6 Å². The van der Waals surface area contributed by atoms with Crippen LogP contribution in [-0.2, 0) is 23.1 Å². The number of sulfonamides is 1. The van der Waals surface area contributed by atoms with Gasteiger partial charge >= 0.3 is 0 Å². The first-order valence-electron chi connectivity index (χ1n) is 7.19. The van der Waals surface area contributed by atoms with Gasteiger partial charge in [-0.1, -0.05) is 35.9 Å². The molecule has 4 N–H and O–H groups in total. The molecule has 0 aliphatic rings. The topological polar surface area (TPSA) is 96.6 Å². The summed E-state index contributed by atoms with van der Waals surface area (Å²) >= 11 is 5.86. The van der Waals surface area contributed by atoms with Crippen LogP contribution in [0.25, 0.3) is 0 Å². The van der Waals surface area contributed by atoms with Gasteiger partial charge in [0.25, 0.3) is 0 Å². The van der Waals surface area contributed by atoms with Crippen molar-refractivity contribution in [2.24, 2.45) is 10.1 Å². The van der Waals surface area contributed by atoms with E-state index in [0.29, 0.717) is 24.1 Å². The van der Waals surface area contributed by atoms with Crippen molar-refractivity contribution in [3.05, 3.63) is 64.7 Å². The highest BCUT2D eigenvalue weighted by molar-refractivity contribution is 7.89. The zero-order valence-corrected chi connectivity index (χ0v) is 14.7. The highest BCUT2D eigenvalue weighted by Gasteiger charge is 2.06. The number of nitrogens with one attached hydrogen (secondary N) is 2. The van der Waals surface area contributed by atoms with Crippen molar-refractivity contribution >= 4 is 27.6 Å². The SMILES string of the molecule is CN=C(NCc1ccc(Cl)cc1)NCc1ccc(S(N)(=O)=O)cc1. The molecule has 0 fully saturated rings. The molecule has 24 heavy (non-hydrogen) atoms. The molecule has 0 heterocycles. The lowest BCUT2D eigenvalue weighted by molar-refractivity contribution is 0.597. The molecule has 0 unspecified atom stereocenters. The van der Waals surface area contributed by atoms with Crippen LogP contribution in [0.2, 0.25) is 5.02 Å². The smallest absolute Gasteiger partial charge is 0.238 e. The molecule has 2 rings (SSSR count). The zero-order chi connectivity index (χ0) is 17.6. The summed E-state index contributed by atoms with van der Waals surface area (Å²) in [6.07, 6.45) is 0. The predicted molar refractivity (Wildman–Crippen MR) is 96.3 cm³/mol. The minimum absolute atomic E-state index is 0.0940. The van der Waals surface area contributed by atoms with Gasteiger partial charge in [-0.25, -0.2) is 13.6 Å². The van der Waals surface area contributed by atoms with E-state index >= 15 is 0 Å². The van der Waals surface area contributed by atoms with Crippen LogP contribution in [0, 0.1) is 0 Å². The molecular formula is C16H19ClN4O2S. The molecule has 0 aromatic heterocycles. The molecule has 0 atom stereocenters. The molecule has 0 saturated carbocycles. The lowest BCUT2D eigenvalue weighted by Gasteiger charge is -2.12. The molecule has 0 amide bonds. The summed E-state index contributed by atoms with van der Waals surface area (Å²) in [5, 5.41) is 12.1. The number of nitrogens with zero attached hydrogens (tertiary/aromatic N) is 1. The molecule has 2 aromatic rings. The van der Waals surface area contributed by atoms with Crippen molar-refractivity contribution in [1.82, 2.24) is 10.6 Å². The molecule has 6 nitrogen and oxygen atoms in total. The number of rotatable bonds is 5. The van der Waals surface area contributed by atoms with E-state index in [0.717, 1.165) is 11.1 Å². The van der Waals surface area contributed by atoms with E-state index in [1.807, 2.05) is 24.3 Å².